The summed E-state index contributed by atoms with van der Waals surface area (Å²) in [5, 5.41) is 11.7. The van der Waals surface area contributed by atoms with Gasteiger partial charge in [0.05, 0.1) is 0 Å². The van der Waals surface area contributed by atoms with Gasteiger partial charge in [-0.05, 0) is 53.3 Å². The number of carbonyl (C=O) groups excluding carboxylic acids is 2. The summed E-state index contributed by atoms with van der Waals surface area (Å²) in [5.41, 5.74) is 6.08. The van der Waals surface area contributed by atoms with Gasteiger partial charge in [-0.2, -0.15) is 0 Å². The van der Waals surface area contributed by atoms with Crippen LogP contribution in [0.25, 0.3) is 11.1 Å². The minimum absolute atomic E-state index is 0.0158. The Labute approximate surface area is 204 Å². The molecule has 2 N–H and O–H groups in total. The Morgan fingerprint density at radius 1 is 0.914 bits per heavy atom. The molecule has 0 radical (unpaired) electrons. The van der Waals surface area contributed by atoms with Crippen molar-refractivity contribution in [2.45, 2.75) is 19.3 Å². The van der Waals surface area contributed by atoms with Crippen LogP contribution < -0.4 is 5.32 Å². The normalized spacial score (nSPS) is 11.9. The van der Waals surface area contributed by atoms with Gasteiger partial charge in [0.2, 0.25) is 0 Å². The van der Waals surface area contributed by atoms with E-state index in [1.165, 1.54) is 27.2 Å². The van der Waals surface area contributed by atoms with E-state index >= 15 is 0 Å². The van der Waals surface area contributed by atoms with Crippen molar-refractivity contribution in [1.82, 2.24) is 10.2 Å². The predicted octanol–water partition coefficient (Wildman–Crippen LogP) is 4.31. The highest BCUT2D eigenvalue weighted by Crippen LogP contribution is 2.44. The quantitative estimate of drug-likeness (QED) is 0.484. The minimum atomic E-state index is -1.05. The molecule has 180 valence electrons. The van der Waals surface area contributed by atoms with Crippen LogP contribution in [-0.2, 0) is 16.0 Å². The minimum Gasteiger partial charge on any atom is -0.480 e. The van der Waals surface area contributed by atoms with Gasteiger partial charge in [-0.15, -0.1) is 0 Å². The standard InChI is InChI=1S/C28H28N2O5/c1-2-30(17-26(31)32)27(33)20-13-11-19(12-14-20)15-16-29-28(34)35-18-25-23-9-5-3-7-21(23)22-8-4-6-10-24(22)25/h3-14,25H,2,15-18H2,1H3,(H,29,34)(H,31,32). The fraction of sp³-hybridized carbons (Fsp3) is 0.250. The number of ether oxygens (including phenoxy) is 1. The molecule has 0 atom stereocenters. The smallest absolute Gasteiger partial charge is 0.407 e. The zero-order valence-corrected chi connectivity index (χ0v) is 19.6. The maximum absolute atomic E-state index is 12.4. The lowest BCUT2D eigenvalue weighted by atomic mass is 9.98. The average Bonchev–Trinajstić information content (AvgIpc) is 3.19. The van der Waals surface area contributed by atoms with E-state index in [0.29, 0.717) is 25.1 Å². The molecule has 1 aliphatic carbocycles. The van der Waals surface area contributed by atoms with Crippen molar-refractivity contribution in [3.05, 3.63) is 95.1 Å². The number of fused-ring (bicyclic) bond motifs is 3. The molecule has 0 bridgehead atoms. The first-order valence-corrected chi connectivity index (χ1v) is 11.7. The van der Waals surface area contributed by atoms with Gasteiger partial charge in [-0.3, -0.25) is 9.59 Å². The van der Waals surface area contributed by atoms with Crippen LogP contribution >= 0.6 is 0 Å². The van der Waals surface area contributed by atoms with Gasteiger partial charge in [0.1, 0.15) is 13.2 Å². The number of nitrogens with zero attached hydrogens (tertiary/aromatic N) is 1. The van der Waals surface area contributed by atoms with Crippen LogP contribution in [-0.4, -0.2) is 54.2 Å². The molecule has 0 aromatic heterocycles. The summed E-state index contributed by atoms with van der Waals surface area (Å²) in [6, 6.07) is 23.4. The Morgan fingerprint density at radius 3 is 2.09 bits per heavy atom. The third-order valence-corrected chi connectivity index (χ3v) is 6.22. The number of hydrogen-bond donors (Lipinski definition) is 2. The first-order valence-electron chi connectivity index (χ1n) is 11.7. The number of benzene rings is 3. The summed E-state index contributed by atoms with van der Waals surface area (Å²) in [5.74, 6) is -1.35. The Morgan fingerprint density at radius 2 is 1.51 bits per heavy atom. The van der Waals surface area contributed by atoms with E-state index in [9.17, 15) is 14.4 Å². The molecule has 2 amide bonds. The van der Waals surface area contributed by atoms with Crippen molar-refractivity contribution >= 4 is 18.0 Å². The molecule has 3 aromatic rings. The van der Waals surface area contributed by atoms with Crippen molar-refractivity contribution in [3.63, 3.8) is 0 Å². The number of carbonyl (C=O) groups is 3. The summed E-state index contributed by atoms with van der Waals surface area (Å²) in [4.78, 5) is 37.0. The van der Waals surface area contributed by atoms with Crippen molar-refractivity contribution in [1.29, 1.82) is 0 Å². The Hall–Kier alpha value is -4.13. The van der Waals surface area contributed by atoms with Gasteiger partial charge in [-0.25, -0.2) is 4.79 Å². The van der Waals surface area contributed by atoms with E-state index in [-0.39, 0.29) is 25.0 Å². The Bertz CT molecular complexity index is 1180. The van der Waals surface area contributed by atoms with Crippen LogP contribution in [0.4, 0.5) is 4.79 Å². The lowest BCUT2D eigenvalue weighted by Gasteiger charge is -2.18. The largest absolute Gasteiger partial charge is 0.480 e. The third-order valence-electron chi connectivity index (χ3n) is 6.22. The van der Waals surface area contributed by atoms with Crippen LogP contribution in [0.2, 0.25) is 0 Å². The van der Waals surface area contributed by atoms with Crippen molar-refractivity contribution < 1.29 is 24.2 Å². The molecule has 0 saturated heterocycles. The average molecular weight is 473 g/mol. The fourth-order valence-electron chi connectivity index (χ4n) is 4.45. The van der Waals surface area contributed by atoms with Gasteiger partial charge in [0.25, 0.3) is 5.91 Å². The number of nitrogens with one attached hydrogen (secondary N) is 1. The van der Waals surface area contributed by atoms with E-state index in [4.69, 9.17) is 9.84 Å². The van der Waals surface area contributed by atoms with Gasteiger partial charge in [0.15, 0.2) is 0 Å². The first kappa shape index (κ1) is 24.0. The molecule has 3 aromatic carbocycles. The molecule has 0 aliphatic heterocycles. The summed E-state index contributed by atoms with van der Waals surface area (Å²) in [6.45, 7) is 2.38. The second-order valence-electron chi connectivity index (χ2n) is 8.41. The van der Waals surface area contributed by atoms with E-state index in [1.54, 1.807) is 31.2 Å². The molecule has 7 nitrogen and oxygen atoms in total. The van der Waals surface area contributed by atoms with E-state index in [2.05, 4.69) is 29.6 Å². The van der Waals surface area contributed by atoms with Crippen LogP contribution in [0.1, 0.15) is 39.9 Å². The summed E-state index contributed by atoms with van der Waals surface area (Å²) in [7, 11) is 0. The van der Waals surface area contributed by atoms with Gasteiger partial charge >= 0.3 is 12.1 Å². The molecule has 0 spiro atoms. The number of carboxylic acids is 1. The van der Waals surface area contributed by atoms with Gasteiger partial charge < -0.3 is 20.1 Å². The van der Waals surface area contributed by atoms with Crippen LogP contribution in [0.15, 0.2) is 72.8 Å². The molecule has 0 saturated carbocycles. The number of alkyl carbamates (subject to hydrolysis) is 1. The molecule has 0 unspecified atom stereocenters. The lowest BCUT2D eigenvalue weighted by Crippen LogP contribution is -2.35. The third kappa shape index (κ3) is 5.51. The van der Waals surface area contributed by atoms with Gasteiger partial charge in [-0.1, -0.05) is 60.7 Å². The molecular formula is C28H28N2O5. The van der Waals surface area contributed by atoms with Gasteiger partial charge in [0, 0.05) is 24.6 Å². The zero-order valence-electron chi connectivity index (χ0n) is 19.6. The van der Waals surface area contributed by atoms with Crippen molar-refractivity contribution in [2.24, 2.45) is 0 Å². The van der Waals surface area contributed by atoms with Crippen LogP contribution in [0.5, 0.6) is 0 Å². The SMILES string of the molecule is CCN(CC(=O)O)C(=O)c1ccc(CCNC(=O)OCC2c3ccccc3-c3ccccc32)cc1. The topological polar surface area (TPSA) is 95.9 Å². The van der Waals surface area contributed by atoms with E-state index < -0.39 is 12.1 Å². The van der Waals surface area contributed by atoms with Crippen LogP contribution in [0, 0.1) is 0 Å². The highest BCUT2D eigenvalue weighted by molar-refractivity contribution is 5.95. The Balaban J connectivity index is 1.27. The highest BCUT2D eigenvalue weighted by Gasteiger charge is 2.28. The maximum Gasteiger partial charge on any atom is 0.407 e. The predicted molar refractivity (Wildman–Crippen MR) is 132 cm³/mol. The molecule has 7 heteroatoms. The summed E-state index contributed by atoms with van der Waals surface area (Å²) in [6.07, 6.45) is 0.108. The Kier molecular flexibility index (Phi) is 7.45. The van der Waals surface area contributed by atoms with E-state index in [1.807, 2.05) is 24.3 Å². The highest BCUT2D eigenvalue weighted by atomic mass is 16.5. The molecule has 35 heavy (non-hydrogen) atoms. The second-order valence-corrected chi connectivity index (χ2v) is 8.41. The number of likely N-dealkylation sites (N-methyl/N-ethyl adjacent to an activating group) is 1. The summed E-state index contributed by atoms with van der Waals surface area (Å²) >= 11 is 0. The van der Waals surface area contributed by atoms with Crippen LogP contribution in [0.3, 0.4) is 0 Å². The number of amides is 2. The lowest BCUT2D eigenvalue weighted by molar-refractivity contribution is -0.137. The first-order chi connectivity index (χ1) is 17.0. The van der Waals surface area contributed by atoms with E-state index in [0.717, 1.165) is 5.56 Å². The number of rotatable bonds is 9. The van der Waals surface area contributed by atoms with Crippen molar-refractivity contribution in [2.75, 3.05) is 26.2 Å². The summed E-state index contributed by atoms with van der Waals surface area (Å²) < 4.78 is 5.55. The molecular weight excluding hydrogens is 444 g/mol. The fourth-order valence-corrected chi connectivity index (χ4v) is 4.45. The van der Waals surface area contributed by atoms with Crippen molar-refractivity contribution in [3.8, 4) is 11.1 Å². The second kappa shape index (κ2) is 10.9. The number of carboxylic acid groups (broad SMARTS) is 1. The monoisotopic (exact) mass is 472 g/mol. The molecule has 1 aliphatic rings. The maximum atomic E-state index is 12.4. The number of aliphatic carboxylic acids is 1. The zero-order chi connectivity index (χ0) is 24.8. The molecule has 0 heterocycles. The molecule has 0 fully saturated rings. The number of hydrogen-bond acceptors (Lipinski definition) is 4. The molecule has 4 rings (SSSR count).